The highest BCUT2D eigenvalue weighted by atomic mass is 32.2. The van der Waals surface area contributed by atoms with Crippen LogP contribution in [0.2, 0.25) is 0 Å². The fraction of sp³-hybridized carbons (Fsp3) is 0.333. The summed E-state index contributed by atoms with van der Waals surface area (Å²) in [5.41, 5.74) is 1.24. The van der Waals surface area contributed by atoms with Crippen LogP contribution in [0.25, 0.3) is 0 Å². The van der Waals surface area contributed by atoms with E-state index in [2.05, 4.69) is 10.1 Å². The van der Waals surface area contributed by atoms with Crippen molar-refractivity contribution < 1.29 is 13.2 Å². The van der Waals surface area contributed by atoms with Crippen LogP contribution < -0.4 is 9.88 Å². The van der Waals surface area contributed by atoms with Crippen LogP contribution >= 0.6 is 0 Å². The van der Waals surface area contributed by atoms with Gasteiger partial charge in [0.25, 0.3) is 0 Å². The van der Waals surface area contributed by atoms with Crippen LogP contribution in [-0.2, 0) is 23.7 Å². The molecular weight excluding hydrogens is 280 g/mol. The number of rotatable bonds is 4. The minimum absolute atomic E-state index is 0.112. The minimum atomic E-state index is -3.72. The summed E-state index contributed by atoms with van der Waals surface area (Å²) in [4.78, 5) is 4.16. The van der Waals surface area contributed by atoms with E-state index in [1.807, 2.05) is 0 Å². The van der Waals surface area contributed by atoms with E-state index in [0.717, 1.165) is 0 Å². The molecule has 20 heavy (non-hydrogen) atoms. The van der Waals surface area contributed by atoms with E-state index >= 15 is 0 Å². The zero-order valence-electron chi connectivity index (χ0n) is 11.5. The Morgan fingerprint density at radius 1 is 1.30 bits per heavy atom. The maximum Gasteiger partial charge on any atom is 0.238 e. The molecule has 0 bridgehead atoms. The smallest absolute Gasteiger partial charge is 0.238 e. The van der Waals surface area contributed by atoms with Gasteiger partial charge in [-0.1, -0.05) is 0 Å². The fourth-order valence-electron chi connectivity index (χ4n) is 1.82. The van der Waals surface area contributed by atoms with Crippen molar-refractivity contribution in [3.63, 3.8) is 0 Å². The van der Waals surface area contributed by atoms with Crippen molar-refractivity contribution in [3.05, 3.63) is 35.4 Å². The molecule has 2 rings (SSSR count). The second kappa shape index (κ2) is 5.22. The molecule has 0 saturated carbocycles. The second-order valence-corrected chi connectivity index (χ2v) is 6.05. The first-order valence-corrected chi connectivity index (χ1v) is 7.43. The first-order valence-electron chi connectivity index (χ1n) is 5.89. The average Bonchev–Trinajstić information content (AvgIpc) is 2.74. The van der Waals surface area contributed by atoms with Gasteiger partial charge in [-0.25, -0.2) is 18.5 Å². The zero-order chi connectivity index (χ0) is 14.9. The van der Waals surface area contributed by atoms with Crippen LogP contribution in [0.15, 0.2) is 23.4 Å². The topological polar surface area (TPSA) is 100 Å². The molecule has 0 saturated heterocycles. The molecule has 0 fully saturated rings. The third kappa shape index (κ3) is 2.97. The van der Waals surface area contributed by atoms with E-state index in [1.165, 1.54) is 12.4 Å². The van der Waals surface area contributed by atoms with Crippen LogP contribution in [0.4, 0.5) is 0 Å². The lowest BCUT2D eigenvalue weighted by atomic mass is 10.1. The Morgan fingerprint density at radius 3 is 2.55 bits per heavy atom. The summed E-state index contributed by atoms with van der Waals surface area (Å²) in [6, 6.07) is 3.17. The minimum Gasteiger partial charge on any atom is -0.485 e. The Hall–Kier alpha value is -1.93. The largest absolute Gasteiger partial charge is 0.485 e. The number of hydrogen-bond acceptors (Lipinski definition) is 5. The fourth-order valence-corrected chi connectivity index (χ4v) is 2.67. The predicted octanol–water partition coefficient (Wildman–Crippen LogP) is 0.658. The number of aromatic nitrogens is 3. The molecule has 0 aliphatic heterocycles. The number of hydrogen-bond donors (Lipinski definition) is 1. The number of ether oxygens (including phenoxy) is 1. The van der Waals surface area contributed by atoms with Gasteiger partial charge >= 0.3 is 0 Å². The van der Waals surface area contributed by atoms with Crippen molar-refractivity contribution in [1.29, 1.82) is 0 Å². The normalized spacial score (nSPS) is 11.6. The molecule has 2 aromatic rings. The molecule has 2 N–H and O–H groups in total. The monoisotopic (exact) mass is 296 g/mol. The predicted molar refractivity (Wildman–Crippen MR) is 72.6 cm³/mol. The molecule has 0 unspecified atom stereocenters. The lowest BCUT2D eigenvalue weighted by molar-refractivity contribution is 0.287. The van der Waals surface area contributed by atoms with Crippen molar-refractivity contribution in [2.45, 2.75) is 25.3 Å². The molecule has 1 heterocycles. The van der Waals surface area contributed by atoms with E-state index < -0.39 is 10.0 Å². The van der Waals surface area contributed by atoms with Crippen molar-refractivity contribution in [2.75, 3.05) is 0 Å². The highest BCUT2D eigenvalue weighted by Gasteiger charge is 2.14. The van der Waals surface area contributed by atoms with E-state index in [-0.39, 0.29) is 11.5 Å². The van der Waals surface area contributed by atoms with Gasteiger partial charge < -0.3 is 4.74 Å². The summed E-state index contributed by atoms with van der Waals surface area (Å²) in [6.07, 6.45) is 1.45. The molecule has 7 nitrogen and oxygen atoms in total. The highest BCUT2D eigenvalue weighted by Crippen LogP contribution is 2.25. The zero-order valence-corrected chi connectivity index (χ0v) is 12.3. The molecular formula is C12H16N4O3S. The van der Waals surface area contributed by atoms with Crippen LogP contribution in [-0.4, -0.2) is 23.2 Å². The maximum absolute atomic E-state index is 11.4. The van der Waals surface area contributed by atoms with Crippen molar-refractivity contribution in [1.82, 2.24) is 14.8 Å². The van der Waals surface area contributed by atoms with Gasteiger partial charge in [0.15, 0.2) is 5.82 Å². The number of aryl methyl sites for hydroxylation is 3. The number of sulfonamides is 1. The second-order valence-electron chi connectivity index (χ2n) is 4.52. The van der Waals surface area contributed by atoms with Gasteiger partial charge in [-0.05, 0) is 37.1 Å². The highest BCUT2D eigenvalue weighted by molar-refractivity contribution is 7.89. The Labute approximate surface area is 117 Å². The molecule has 0 aliphatic rings. The molecule has 0 amide bonds. The van der Waals surface area contributed by atoms with Gasteiger partial charge in [0.1, 0.15) is 18.7 Å². The maximum atomic E-state index is 11.4. The van der Waals surface area contributed by atoms with Crippen molar-refractivity contribution >= 4 is 10.0 Å². The number of primary sulfonamides is 1. The summed E-state index contributed by atoms with van der Waals surface area (Å²) in [5.74, 6) is 1.27. The lowest BCUT2D eigenvalue weighted by Gasteiger charge is -2.12. The summed E-state index contributed by atoms with van der Waals surface area (Å²) in [7, 11) is -1.95. The summed E-state index contributed by atoms with van der Waals surface area (Å²) >= 11 is 0. The quantitative estimate of drug-likeness (QED) is 0.893. The Balaban J connectivity index is 2.26. The van der Waals surface area contributed by atoms with Gasteiger partial charge in [0.2, 0.25) is 10.0 Å². The van der Waals surface area contributed by atoms with Crippen LogP contribution in [0.3, 0.4) is 0 Å². The van der Waals surface area contributed by atoms with E-state index in [9.17, 15) is 8.42 Å². The standard InChI is InChI=1S/C12H16N4O3S/c1-8-5-11(20(13,17)18)9(2)4-10(8)19-6-12-14-7-15-16(12)3/h4-5,7H,6H2,1-3H3,(H2,13,17,18). The van der Waals surface area contributed by atoms with E-state index in [1.54, 1.807) is 31.6 Å². The molecule has 0 spiro atoms. The van der Waals surface area contributed by atoms with Gasteiger partial charge in [-0.2, -0.15) is 5.10 Å². The number of benzene rings is 1. The number of nitrogens with zero attached hydrogens (tertiary/aromatic N) is 3. The van der Waals surface area contributed by atoms with Crippen molar-refractivity contribution in [2.24, 2.45) is 12.2 Å². The molecule has 0 radical (unpaired) electrons. The molecule has 1 aromatic carbocycles. The molecule has 1 aromatic heterocycles. The van der Waals surface area contributed by atoms with Gasteiger partial charge in [-0.15, -0.1) is 0 Å². The molecule has 0 aliphatic carbocycles. The third-order valence-electron chi connectivity index (χ3n) is 2.94. The Bertz CT molecular complexity index is 737. The van der Waals surface area contributed by atoms with E-state index in [4.69, 9.17) is 9.88 Å². The summed E-state index contributed by atoms with van der Waals surface area (Å²) in [5, 5.41) is 9.10. The van der Waals surface area contributed by atoms with Gasteiger partial charge in [0, 0.05) is 7.05 Å². The average molecular weight is 296 g/mol. The van der Waals surface area contributed by atoms with Gasteiger partial charge in [-0.3, -0.25) is 4.68 Å². The lowest BCUT2D eigenvalue weighted by Crippen LogP contribution is -2.14. The van der Waals surface area contributed by atoms with Crippen LogP contribution in [0, 0.1) is 13.8 Å². The Kier molecular flexibility index (Phi) is 3.78. The van der Waals surface area contributed by atoms with Crippen molar-refractivity contribution in [3.8, 4) is 5.75 Å². The SMILES string of the molecule is Cc1cc(S(N)(=O)=O)c(C)cc1OCc1ncnn1C. The van der Waals surface area contributed by atoms with Crippen LogP contribution in [0.1, 0.15) is 17.0 Å². The van der Waals surface area contributed by atoms with Crippen LogP contribution in [0.5, 0.6) is 5.75 Å². The van der Waals surface area contributed by atoms with E-state index in [0.29, 0.717) is 22.7 Å². The first kappa shape index (κ1) is 14.5. The molecule has 0 atom stereocenters. The summed E-state index contributed by atoms with van der Waals surface area (Å²) in [6.45, 7) is 3.69. The van der Waals surface area contributed by atoms with Gasteiger partial charge in [0.05, 0.1) is 4.90 Å². The summed E-state index contributed by atoms with van der Waals surface area (Å²) < 4.78 is 30.1. The molecule has 8 heteroatoms. The number of nitrogens with two attached hydrogens (primary N) is 1. The third-order valence-corrected chi connectivity index (χ3v) is 3.99. The molecule has 108 valence electrons. The Morgan fingerprint density at radius 2 is 2.00 bits per heavy atom. The first-order chi connectivity index (χ1) is 9.29.